The van der Waals surface area contributed by atoms with Crippen molar-refractivity contribution in [1.82, 2.24) is 14.3 Å². The first-order valence-corrected chi connectivity index (χ1v) is 11.2. The number of hydrogen-bond donors (Lipinski definition) is 1. The van der Waals surface area contributed by atoms with E-state index in [4.69, 9.17) is 17.0 Å². The minimum absolute atomic E-state index is 0.174. The highest BCUT2D eigenvalue weighted by Gasteiger charge is 2.31. The molecule has 0 spiro atoms. The number of ether oxygens (including phenoxy) is 1. The molecule has 2 aromatic rings. The number of nitrogens with zero attached hydrogens (tertiary/aromatic N) is 3. The van der Waals surface area contributed by atoms with Gasteiger partial charge in [0.1, 0.15) is 15.8 Å². The first-order valence-electron chi connectivity index (χ1n) is 9.95. The van der Waals surface area contributed by atoms with Crippen LogP contribution in [0.3, 0.4) is 0 Å². The fourth-order valence-corrected chi connectivity index (χ4v) is 4.39. The van der Waals surface area contributed by atoms with Crippen molar-refractivity contribution < 1.29 is 9.53 Å². The Bertz CT molecular complexity index is 1060. The SMILES string of the molecule is CCN1C(=O)C(=Cc2c(NCCCOC(C)C)nc3ccc(C)cn3c2=O)SC1=S. The Balaban J connectivity index is 1.98. The van der Waals surface area contributed by atoms with Crippen LogP contribution in [0.2, 0.25) is 0 Å². The lowest BCUT2D eigenvalue weighted by Crippen LogP contribution is -2.27. The summed E-state index contributed by atoms with van der Waals surface area (Å²) in [4.78, 5) is 32.5. The van der Waals surface area contributed by atoms with Crippen molar-refractivity contribution in [2.24, 2.45) is 0 Å². The second-order valence-electron chi connectivity index (χ2n) is 7.24. The van der Waals surface area contributed by atoms with Crippen molar-refractivity contribution in [2.45, 2.75) is 40.2 Å². The van der Waals surface area contributed by atoms with Gasteiger partial charge >= 0.3 is 0 Å². The molecule has 0 aliphatic carbocycles. The van der Waals surface area contributed by atoms with E-state index in [1.54, 1.807) is 12.3 Å². The van der Waals surface area contributed by atoms with Crippen LogP contribution in [-0.2, 0) is 9.53 Å². The standard InChI is InChI=1S/C21H26N4O3S2/c1-5-24-20(27)16(30-21(24)29)11-15-18(22-9-6-10-28-13(2)3)23-17-8-7-14(4)12-25(17)19(15)26/h7-8,11-13,22H,5-6,9-10H2,1-4H3. The summed E-state index contributed by atoms with van der Waals surface area (Å²) in [7, 11) is 0. The Morgan fingerprint density at radius 1 is 1.33 bits per heavy atom. The smallest absolute Gasteiger partial charge is 0.267 e. The normalized spacial score (nSPS) is 15.8. The summed E-state index contributed by atoms with van der Waals surface area (Å²) in [5.74, 6) is 0.271. The van der Waals surface area contributed by atoms with Crippen LogP contribution in [0.1, 0.15) is 38.3 Å². The molecule has 0 aromatic carbocycles. The summed E-state index contributed by atoms with van der Waals surface area (Å²) < 4.78 is 7.58. The quantitative estimate of drug-likeness (QED) is 0.378. The van der Waals surface area contributed by atoms with Crippen molar-refractivity contribution >= 4 is 51.7 Å². The van der Waals surface area contributed by atoms with Crippen molar-refractivity contribution in [2.75, 3.05) is 25.0 Å². The molecule has 1 saturated heterocycles. The molecule has 2 aromatic heterocycles. The molecule has 30 heavy (non-hydrogen) atoms. The van der Waals surface area contributed by atoms with E-state index < -0.39 is 0 Å². The molecular weight excluding hydrogens is 420 g/mol. The number of amides is 1. The molecule has 1 fully saturated rings. The lowest BCUT2D eigenvalue weighted by molar-refractivity contribution is -0.121. The van der Waals surface area contributed by atoms with E-state index in [9.17, 15) is 9.59 Å². The van der Waals surface area contributed by atoms with Crippen molar-refractivity contribution in [1.29, 1.82) is 0 Å². The maximum atomic E-state index is 13.3. The van der Waals surface area contributed by atoms with Gasteiger partial charge in [0.25, 0.3) is 11.5 Å². The molecule has 0 atom stereocenters. The van der Waals surface area contributed by atoms with Gasteiger partial charge in [0, 0.05) is 25.9 Å². The predicted octanol–water partition coefficient (Wildman–Crippen LogP) is 3.45. The number of nitrogens with one attached hydrogen (secondary N) is 1. The highest BCUT2D eigenvalue weighted by atomic mass is 32.2. The number of thioether (sulfide) groups is 1. The molecule has 1 aliphatic rings. The zero-order valence-electron chi connectivity index (χ0n) is 17.6. The lowest BCUT2D eigenvalue weighted by atomic mass is 10.2. The number of likely N-dealkylation sites (N-methyl/N-ethyl adjacent to an activating group) is 1. The summed E-state index contributed by atoms with van der Waals surface area (Å²) in [6.45, 7) is 9.47. The highest BCUT2D eigenvalue weighted by Crippen LogP contribution is 2.32. The molecule has 3 rings (SSSR count). The van der Waals surface area contributed by atoms with Crippen molar-refractivity contribution in [3.63, 3.8) is 0 Å². The lowest BCUT2D eigenvalue weighted by Gasteiger charge is -2.12. The van der Waals surface area contributed by atoms with Crippen LogP contribution in [0.15, 0.2) is 28.0 Å². The van der Waals surface area contributed by atoms with Crippen LogP contribution in [0.25, 0.3) is 11.7 Å². The van der Waals surface area contributed by atoms with Crippen LogP contribution in [0.5, 0.6) is 0 Å². The molecule has 1 N–H and O–H groups in total. The van der Waals surface area contributed by atoms with E-state index >= 15 is 0 Å². The molecule has 3 heterocycles. The van der Waals surface area contributed by atoms with E-state index in [0.717, 1.165) is 12.0 Å². The van der Waals surface area contributed by atoms with Gasteiger partial charge in [-0.2, -0.15) is 0 Å². The zero-order valence-corrected chi connectivity index (χ0v) is 19.2. The molecule has 0 unspecified atom stereocenters. The third-order valence-corrected chi connectivity index (χ3v) is 5.91. The van der Waals surface area contributed by atoms with E-state index in [1.165, 1.54) is 21.1 Å². The summed E-state index contributed by atoms with van der Waals surface area (Å²) in [6, 6.07) is 3.72. The molecule has 0 radical (unpaired) electrons. The second-order valence-corrected chi connectivity index (χ2v) is 8.92. The van der Waals surface area contributed by atoms with Gasteiger partial charge in [-0.25, -0.2) is 4.98 Å². The van der Waals surface area contributed by atoms with Gasteiger partial charge < -0.3 is 10.1 Å². The summed E-state index contributed by atoms with van der Waals surface area (Å²) in [5.41, 5.74) is 1.61. The first kappa shape index (κ1) is 22.5. The van der Waals surface area contributed by atoms with Crippen LogP contribution >= 0.6 is 24.0 Å². The highest BCUT2D eigenvalue weighted by molar-refractivity contribution is 8.26. The van der Waals surface area contributed by atoms with Gasteiger partial charge in [0.15, 0.2) is 0 Å². The Morgan fingerprint density at radius 3 is 2.77 bits per heavy atom. The number of aromatic nitrogens is 2. The fourth-order valence-electron chi connectivity index (χ4n) is 3.03. The number of rotatable bonds is 8. The van der Waals surface area contributed by atoms with Crippen LogP contribution in [0, 0.1) is 6.92 Å². The minimum atomic E-state index is -0.230. The van der Waals surface area contributed by atoms with Gasteiger partial charge in [-0.15, -0.1) is 0 Å². The average molecular weight is 447 g/mol. The number of pyridine rings is 1. The molecular formula is C21H26N4O3S2. The van der Waals surface area contributed by atoms with E-state index in [0.29, 0.717) is 46.0 Å². The van der Waals surface area contributed by atoms with Gasteiger partial charge in [0.2, 0.25) is 0 Å². The number of carbonyl (C=O) groups is 1. The van der Waals surface area contributed by atoms with E-state index in [1.807, 2.05) is 39.8 Å². The molecule has 7 nitrogen and oxygen atoms in total. The summed E-state index contributed by atoms with van der Waals surface area (Å²) in [6.07, 6.45) is 4.29. The molecule has 1 amide bonds. The summed E-state index contributed by atoms with van der Waals surface area (Å²) in [5, 5.41) is 3.24. The van der Waals surface area contributed by atoms with Gasteiger partial charge in [-0.3, -0.25) is 18.9 Å². The molecule has 1 aliphatic heterocycles. The van der Waals surface area contributed by atoms with Gasteiger partial charge in [-0.1, -0.05) is 30.0 Å². The molecule has 0 saturated carbocycles. The third-order valence-electron chi connectivity index (χ3n) is 4.54. The average Bonchev–Trinajstić information content (AvgIpc) is 2.97. The zero-order chi connectivity index (χ0) is 21.8. The predicted molar refractivity (Wildman–Crippen MR) is 126 cm³/mol. The number of anilines is 1. The van der Waals surface area contributed by atoms with Gasteiger partial charge in [0.05, 0.1) is 16.6 Å². The summed E-state index contributed by atoms with van der Waals surface area (Å²) >= 11 is 6.50. The Morgan fingerprint density at radius 2 is 2.10 bits per heavy atom. The van der Waals surface area contributed by atoms with Crippen LogP contribution in [-0.4, -0.2) is 50.3 Å². The third kappa shape index (κ3) is 4.91. The Kier molecular flexibility index (Phi) is 7.27. The molecule has 160 valence electrons. The maximum Gasteiger partial charge on any atom is 0.267 e. The first-order chi connectivity index (χ1) is 14.3. The number of aryl methyl sites for hydroxylation is 1. The number of thiocarbonyl (C=S) groups is 1. The molecule has 0 bridgehead atoms. The minimum Gasteiger partial charge on any atom is -0.379 e. The monoisotopic (exact) mass is 446 g/mol. The van der Waals surface area contributed by atoms with Gasteiger partial charge in [-0.05, 0) is 51.8 Å². The number of fused-ring (bicyclic) bond motifs is 1. The number of carbonyl (C=O) groups excluding carboxylic acids is 1. The maximum absolute atomic E-state index is 13.3. The van der Waals surface area contributed by atoms with Crippen molar-refractivity contribution in [3.8, 4) is 0 Å². The largest absolute Gasteiger partial charge is 0.379 e. The topological polar surface area (TPSA) is 75.9 Å². The van der Waals surface area contributed by atoms with Crippen LogP contribution < -0.4 is 10.9 Å². The Labute approximate surface area is 185 Å². The van der Waals surface area contributed by atoms with Crippen LogP contribution in [0.4, 0.5) is 5.82 Å². The number of hydrogen-bond acceptors (Lipinski definition) is 7. The van der Waals surface area contributed by atoms with E-state index in [-0.39, 0.29) is 17.6 Å². The Hall–Kier alpha value is -2.23. The second kappa shape index (κ2) is 9.72. The molecule has 9 heteroatoms. The fraction of sp³-hybridized carbons (Fsp3) is 0.429. The van der Waals surface area contributed by atoms with Crippen molar-refractivity contribution in [3.05, 3.63) is 44.7 Å². The van der Waals surface area contributed by atoms with E-state index in [2.05, 4.69) is 10.3 Å².